The maximum absolute atomic E-state index is 9.30. The average Bonchev–Trinajstić information content (AvgIpc) is 2.22. The highest BCUT2D eigenvalue weighted by molar-refractivity contribution is 5.04. The molecule has 1 fully saturated rings. The summed E-state index contributed by atoms with van der Waals surface area (Å²) in [6.45, 7) is 0. The van der Waals surface area contributed by atoms with Crippen LogP contribution >= 0.6 is 0 Å². The van der Waals surface area contributed by atoms with Gasteiger partial charge in [-0.3, -0.25) is 0 Å². The number of ether oxygens (including phenoxy) is 1. The van der Waals surface area contributed by atoms with Crippen LogP contribution in [-0.4, -0.2) is 23.4 Å². The number of fused-ring (bicyclic) bond motifs is 2. The van der Waals surface area contributed by atoms with Crippen LogP contribution in [0.3, 0.4) is 0 Å². The van der Waals surface area contributed by atoms with Crippen molar-refractivity contribution in [2.75, 3.05) is 0 Å². The third-order valence-electron chi connectivity index (χ3n) is 2.18. The molecule has 2 rings (SSSR count). The fourth-order valence-electron chi connectivity index (χ4n) is 1.60. The van der Waals surface area contributed by atoms with Gasteiger partial charge in [-0.1, -0.05) is 12.2 Å². The van der Waals surface area contributed by atoms with Crippen LogP contribution in [-0.2, 0) is 4.74 Å². The minimum atomic E-state index is -0.139. The molecule has 0 aliphatic carbocycles. The highest BCUT2D eigenvalue weighted by atomic mass is 16.5. The fraction of sp³-hybridized carbons (Fsp3) is 0.750. The predicted molar refractivity (Wildman–Crippen MR) is 37.7 cm³/mol. The van der Waals surface area contributed by atoms with Gasteiger partial charge in [-0.25, -0.2) is 0 Å². The Morgan fingerprint density at radius 1 is 1.20 bits per heavy atom. The summed E-state index contributed by atoms with van der Waals surface area (Å²) >= 11 is 0. The van der Waals surface area contributed by atoms with Crippen molar-refractivity contribution >= 4 is 0 Å². The maximum Gasteiger partial charge on any atom is 0.0789 e. The lowest BCUT2D eigenvalue weighted by atomic mass is 10.0. The van der Waals surface area contributed by atoms with Crippen LogP contribution in [0.4, 0.5) is 0 Å². The first-order chi connectivity index (χ1) is 4.84. The Bertz CT molecular complexity index is 153. The number of hydrogen-bond donors (Lipinski definition) is 1. The highest BCUT2D eigenvalue weighted by Gasteiger charge is 2.26. The van der Waals surface area contributed by atoms with Crippen molar-refractivity contribution in [3.05, 3.63) is 12.2 Å². The Balaban J connectivity index is 2.07. The molecule has 0 aromatic rings. The lowest BCUT2D eigenvalue weighted by molar-refractivity contribution is 0.0542. The van der Waals surface area contributed by atoms with Crippen LogP contribution in [0.1, 0.15) is 19.3 Å². The van der Waals surface area contributed by atoms with Gasteiger partial charge in [0, 0.05) is 6.42 Å². The topological polar surface area (TPSA) is 29.5 Å². The molecule has 2 bridgehead atoms. The SMILES string of the molecule is O[C@H]1CC[C@H]2C=C[C@@H](C1)O2. The van der Waals surface area contributed by atoms with Crippen LogP contribution in [0.15, 0.2) is 12.2 Å². The van der Waals surface area contributed by atoms with Crippen LogP contribution in [0.25, 0.3) is 0 Å². The van der Waals surface area contributed by atoms with Gasteiger partial charge in [-0.15, -0.1) is 0 Å². The van der Waals surface area contributed by atoms with Crippen LogP contribution in [0.5, 0.6) is 0 Å². The monoisotopic (exact) mass is 140 g/mol. The number of aliphatic hydroxyl groups excluding tert-OH is 1. The molecule has 0 saturated carbocycles. The van der Waals surface area contributed by atoms with Crippen molar-refractivity contribution < 1.29 is 9.84 Å². The molecular weight excluding hydrogens is 128 g/mol. The minimum absolute atomic E-state index is 0.139. The molecule has 2 aliphatic heterocycles. The van der Waals surface area contributed by atoms with Crippen molar-refractivity contribution in [1.29, 1.82) is 0 Å². The first-order valence-electron chi connectivity index (χ1n) is 3.86. The van der Waals surface area contributed by atoms with E-state index in [9.17, 15) is 5.11 Å². The number of hydrogen-bond acceptors (Lipinski definition) is 2. The van der Waals surface area contributed by atoms with Crippen molar-refractivity contribution in [1.82, 2.24) is 0 Å². The zero-order chi connectivity index (χ0) is 6.97. The lowest BCUT2D eigenvalue weighted by Crippen LogP contribution is -2.13. The normalized spacial score (nSPS) is 45.5. The van der Waals surface area contributed by atoms with Gasteiger partial charge in [0.2, 0.25) is 0 Å². The van der Waals surface area contributed by atoms with Gasteiger partial charge in [-0.05, 0) is 12.8 Å². The van der Waals surface area contributed by atoms with Gasteiger partial charge in [0.15, 0.2) is 0 Å². The van der Waals surface area contributed by atoms with Crippen molar-refractivity contribution in [2.45, 2.75) is 37.6 Å². The Hall–Kier alpha value is -0.340. The lowest BCUT2D eigenvalue weighted by Gasteiger charge is -2.08. The molecule has 1 saturated heterocycles. The van der Waals surface area contributed by atoms with E-state index in [4.69, 9.17) is 4.74 Å². The van der Waals surface area contributed by atoms with Crippen LogP contribution < -0.4 is 0 Å². The van der Waals surface area contributed by atoms with E-state index in [-0.39, 0.29) is 12.2 Å². The molecule has 0 spiro atoms. The maximum atomic E-state index is 9.30. The van der Waals surface area contributed by atoms with E-state index in [2.05, 4.69) is 12.2 Å². The molecule has 0 aromatic carbocycles. The van der Waals surface area contributed by atoms with Crippen LogP contribution in [0, 0.1) is 0 Å². The summed E-state index contributed by atoms with van der Waals surface area (Å²) in [7, 11) is 0. The predicted octanol–water partition coefficient (Wildman–Crippen LogP) is 0.855. The Labute approximate surface area is 60.5 Å². The number of rotatable bonds is 0. The second-order valence-electron chi connectivity index (χ2n) is 3.06. The van der Waals surface area contributed by atoms with Gasteiger partial charge in [0.25, 0.3) is 0 Å². The van der Waals surface area contributed by atoms with Gasteiger partial charge >= 0.3 is 0 Å². The van der Waals surface area contributed by atoms with Gasteiger partial charge in [-0.2, -0.15) is 0 Å². The van der Waals surface area contributed by atoms with Gasteiger partial charge in [0.05, 0.1) is 18.3 Å². The summed E-state index contributed by atoms with van der Waals surface area (Å²) < 4.78 is 5.52. The first kappa shape index (κ1) is 6.38. The molecule has 1 N–H and O–H groups in total. The smallest absolute Gasteiger partial charge is 0.0789 e. The summed E-state index contributed by atoms with van der Waals surface area (Å²) in [5, 5.41) is 9.30. The second-order valence-corrected chi connectivity index (χ2v) is 3.06. The van der Waals surface area contributed by atoms with E-state index in [1.165, 1.54) is 0 Å². The van der Waals surface area contributed by atoms with Gasteiger partial charge in [0.1, 0.15) is 0 Å². The van der Waals surface area contributed by atoms with Crippen LogP contribution in [0.2, 0.25) is 0 Å². The summed E-state index contributed by atoms with van der Waals surface area (Å²) in [4.78, 5) is 0. The molecule has 0 unspecified atom stereocenters. The first-order valence-corrected chi connectivity index (χ1v) is 3.86. The molecule has 10 heavy (non-hydrogen) atoms. The van der Waals surface area contributed by atoms with E-state index >= 15 is 0 Å². The van der Waals surface area contributed by atoms with E-state index in [0.717, 1.165) is 19.3 Å². The average molecular weight is 140 g/mol. The van der Waals surface area contributed by atoms with Crippen molar-refractivity contribution in [2.24, 2.45) is 0 Å². The third-order valence-corrected chi connectivity index (χ3v) is 2.18. The molecular formula is C8H12O2. The largest absolute Gasteiger partial charge is 0.393 e. The molecule has 2 heterocycles. The molecule has 2 heteroatoms. The Morgan fingerprint density at radius 2 is 2.00 bits per heavy atom. The van der Waals surface area contributed by atoms with E-state index in [1.807, 2.05) is 0 Å². The zero-order valence-corrected chi connectivity index (χ0v) is 5.86. The quantitative estimate of drug-likeness (QED) is 0.505. The summed E-state index contributed by atoms with van der Waals surface area (Å²) in [6.07, 6.45) is 7.18. The molecule has 3 atom stereocenters. The minimum Gasteiger partial charge on any atom is -0.393 e. The molecule has 0 radical (unpaired) electrons. The standard InChI is InChI=1S/C8H12O2/c9-6-1-2-7-3-4-8(5-6)10-7/h3-4,6-9H,1-2,5H2/t6-,7-,8-/m0/s1. The van der Waals surface area contributed by atoms with Gasteiger partial charge < -0.3 is 9.84 Å². The van der Waals surface area contributed by atoms with Crippen molar-refractivity contribution in [3.63, 3.8) is 0 Å². The summed E-state index contributed by atoms with van der Waals surface area (Å²) in [5.74, 6) is 0. The third kappa shape index (κ3) is 1.09. The fourth-order valence-corrected chi connectivity index (χ4v) is 1.60. The zero-order valence-electron chi connectivity index (χ0n) is 5.86. The van der Waals surface area contributed by atoms with E-state index in [0.29, 0.717) is 6.10 Å². The summed E-state index contributed by atoms with van der Waals surface area (Å²) in [6, 6.07) is 0. The Morgan fingerprint density at radius 3 is 2.90 bits per heavy atom. The van der Waals surface area contributed by atoms with E-state index in [1.54, 1.807) is 0 Å². The highest BCUT2D eigenvalue weighted by Crippen LogP contribution is 2.25. The molecule has 0 aromatic heterocycles. The molecule has 2 aliphatic rings. The molecule has 0 amide bonds. The van der Waals surface area contributed by atoms with E-state index < -0.39 is 0 Å². The second kappa shape index (κ2) is 2.36. The molecule has 2 nitrogen and oxygen atoms in total. The number of aliphatic hydroxyl groups is 1. The van der Waals surface area contributed by atoms with Crippen molar-refractivity contribution in [3.8, 4) is 0 Å². The molecule has 56 valence electrons. The Kier molecular flexibility index (Phi) is 1.51. The summed E-state index contributed by atoms with van der Waals surface area (Å²) in [5.41, 5.74) is 0.